The second-order valence-corrected chi connectivity index (χ2v) is 25.6. The number of imidazole rings is 1. The molecule has 1 aliphatic rings. The standard InChI is InChI=1S/C62H105N17O12/c1-13-37(5)51(57(86)73-47(32-43-33-66-35-68-43)58(87)79-30-16-18-48(79)55(84)76-52(59(88)89)38(6)14-2)75-54(83)46(31-42-19-21-44(80)22-20-42)72-56(85)50(36(3)4)74-53(82)45(17-15-26-67-60(63)64)71-49(81)34-65-27-23-41(24-28-69-61(9,10)39(7)77-90)25-29-70-62(11,12)40(8)78-91/h19-22,33,35-41,45-48,50-52,65,69-70,80H,13-18,23-32,34H2,1-12H3,(H,66,68)(H,71,81)(H,72,85)(H,73,86)(H,74,82)(H,75,83)(H,76,84)(H,88,89)(H4,63,64,67)/t37?,38?,39?,40?,41?,45-,46-,47-,48-,50-,51-,52-/m0/s1. The van der Waals surface area contributed by atoms with Gasteiger partial charge in [0.25, 0.3) is 0 Å². The third kappa shape index (κ3) is 25.9. The number of aromatic hydroxyl groups is 1. The number of likely N-dealkylation sites (tertiary alicyclic amines) is 1. The summed E-state index contributed by atoms with van der Waals surface area (Å²) in [5.41, 5.74) is 11.1. The van der Waals surface area contributed by atoms with Crippen molar-refractivity contribution in [2.24, 2.45) is 50.5 Å². The van der Waals surface area contributed by atoms with Crippen LogP contribution in [0.3, 0.4) is 0 Å². The van der Waals surface area contributed by atoms with Gasteiger partial charge in [0.1, 0.15) is 60.1 Å². The molecule has 11 atom stereocenters. The summed E-state index contributed by atoms with van der Waals surface area (Å²) in [6.45, 7) is 23.3. The highest BCUT2D eigenvalue weighted by molar-refractivity contribution is 5.98. The minimum absolute atomic E-state index is 0.0562. The Labute approximate surface area is 535 Å². The van der Waals surface area contributed by atoms with Gasteiger partial charge in [-0.2, -0.15) is 9.81 Å². The lowest BCUT2D eigenvalue weighted by molar-refractivity contribution is -0.146. The molecule has 2 heterocycles. The van der Waals surface area contributed by atoms with Gasteiger partial charge in [0, 0.05) is 48.9 Å². The molecule has 91 heavy (non-hydrogen) atoms. The zero-order chi connectivity index (χ0) is 68.2. The molecule has 510 valence electrons. The molecule has 4 unspecified atom stereocenters. The molecule has 1 aromatic heterocycles. The molecule has 3 rings (SSSR count). The second kappa shape index (κ2) is 38.3. The van der Waals surface area contributed by atoms with E-state index in [2.05, 4.69) is 73.2 Å². The molecule has 0 bridgehead atoms. The van der Waals surface area contributed by atoms with E-state index >= 15 is 0 Å². The van der Waals surface area contributed by atoms with Crippen LogP contribution in [0.1, 0.15) is 152 Å². The first-order valence-corrected chi connectivity index (χ1v) is 31.9. The molecule has 1 aliphatic heterocycles. The van der Waals surface area contributed by atoms with Gasteiger partial charge in [0.15, 0.2) is 5.96 Å². The van der Waals surface area contributed by atoms with Gasteiger partial charge in [-0.25, -0.2) is 9.78 Å². The van der Waals surface area contributed by atoms with Crippen LogP contribution in [0.4, 0.5) is 0 Å². The van der Waals surface area contributed by atoms with E-state index in [1.807, 2.05) is 27.7 Å². The Hall–Kier alpha value is -7.66. The largest absolute Gasteiger partial charge is 0.508 e. The number of carboxylic acid groups (broad SMARTS) is 1. The summed E-state index contributed by atoms with van der Waals surface area (Å²) in [5, 5.41) is 53.1. The number of benzene rings is 1. The minimum Gasteiger partial charge on any atom is -0.508 e. The fraction of sp³-hybridized carbons (Fsp3) is 0.710. The number of carbonyl (C=O) groups is 8. The maximum absolute atomic E-state index is 14.8. The zero-order valence-electron chi connectivity index (χ0n) is 55.4. The SMILES string of the molecule is CCC(C)[C@H](NC(=O)[C@@H]1CCCN1C(=O)[C@H](Cc1cnc[nH]1)NC(=O)[C@@H](NC(=O)[C@H](Cc1ccc(O)cc1)NC(=O)[C@@H](NC(=O)[C@H](CCCN=C(N)N)NC(=O)CNCCC(CCNC(C)(C)C(C)N=O)CCNC(C)(C)C(C)N=O)C(C)C)C(C)CC)C(=O)O. The number of nitrogens with two attached hydrogens (primary N) is 2. The fourth-order valence-electron chi connectivity index (χ4n) is 10.3. The predicted octanol–water partition coefficient (Wildman–Crippen LogP) is 2.11. The molecular formula is C62H105N17O12. The lowest BCUT2D eigenvalue weighted by Gasteiger charge is -2.32. The number of aromatic amines is 1. The number of aromatic nitrogens is 2. The molecule has 29 heteroatoms. The Morgan fingerprint density at radius 1 is 0.692 bits per heavy atom. The summed E-state index contributed by atoms with van der Waals surface area (Å²) in [4.78, 5) is 148. The number of aliphatic imine (C=N–C) groups is 1. The Morgan fingerprint density at radius 3 is 1.78 bits per heavy atom. The third-order valence-corrected chi connectivity index (χ3v) is 17.5. The molecule has 16 N–H and O–H groups in total. The molecule has 0 radical (unpaired) electrons. The first-order valence-electron chi connectivity index (χ1n) is 31.9. The normalized spacial score (nSPS) is 17.1. The van der Waals surface area contributed by atoms with Crippen molar-refractivity contribution in [1.29, 1.82) is 0 Å². The average molecular weight is 1280 g/mol. The number of nitroso groups, excluding NO2 is 2. The van der Waals surface area contributed by atoms with Crippen molar-refractivity contribution in [3.63, 3.8) is 0 Å². The van der Waals surface area contributed by atoms with E-state index in [-0.39, 0.29) is 69.4 Å². The number of phenolic OH excluding ortho intramolecular Hbond substituents is 1. The van der Waals surface area contributed by atoms with E-state index in [9.17, 15) is 58.4 Å². The van der Waals surface area contributed by atoms with Gasteiger partial charge in [-0.05, 0) is 147 Å². The monoisotopic (exact) mass is 1280 g/mol. The van der Waals surface area contributed by atoms with Crippen molar-refractivity contribution in [2.45, 2.75) is 219 Å². The van der Waals surface area contributed by atoms with Crippen molar-refractivity contribution in [2.75, 3.05) is 39.3 Å². The molecule has 1 fully saturated rings. The lowest BCUT2D eigenvalue weighted by Crippen LogP contribution is -2.62. The maximum Gasteiger partial charge on any atom is 0.326 e. The molecule has 1 aromatic carbocycles. The van der Waals surface area contributed by atoms with Crippen molar-refractivity contribution in [3.05, 3.63) is 57.9 Å². The van der Waals surface area contributed by atoms with E-state index in [0.717, 1.165) is 12.8 Å². The number of carboxylic acids is 1. The predicted molar refractivity (Wildman–Crippen MR) is 347 cm³/mol. The van der Waals surface area contributed by atoms with Gasteiger partial charge in [-0.15, -0.1) is 0 Å². The van der Waals surface area contributed by atoms with Crippen molar-refractivity contribution >= 4 is 53.3 Å². The van der Waals surface area contributed by atoms with E-state index in [0.29, 0.717) is 56.6 Å². The molecule has 0 saturated carbocycles. The number of amides is 7. The number of aliphatic carboxylic acids is 1. The first-order chi connectivity index (χ1) is 42.9. The van der Waals surface area contributed by atoms with E-state index in [4.69, 9.17) is 11.5 Å². The highest BCUT2D eigenvalue weighted by Gasteiger charge is 2.42. The summed E-state index contributed by atoms with van der Waals surface area (Å²) in [6, 6.07) is -3.68. The minimum atomic E-state index is -1.40. The number of nitrogens with one attached hydrogen (secondary N) is 10. The summed E-state index contributed by atoms with van der Waals surface area (Å²) in [5.74, 6) is -7.64. The zero-order valence-corrected chi connectivity index (χ0v) is 55.4. The molecule has 29 nitrogen and oxygen atoms in total. The number of H-pyrrole nitrogens is 1. The first kappa shape index (κ1) is 77.6. The van der Waals surface area contributed by atoms with Gasteiger partial charge in [-0.1, -0.05) is 76.9 Å². The number of hydrogen-bond donors (Lipinski definition) is 14. The van der Waals surface area contributed by atoms with E-state index in [1.165, 1.54) is 29.6 Å². The summed E-state index contributed by atoms with van der Waals surface area (Å²) >= 11 is 0. The van der Waals surface area contributed by atoms with Gasteiger partial charge in [0.2, 0.25) is 41.4 Å². The van der Waals surface area contributed by atoms with Crippen LogP contribution in [0.2, 0.25) is 0 Å². The molecule has 0 aliphatic carbocycles. The number of nitrogens with zero attached hydrogens (tertiary/aromatic N) is 5. The quantitative estimate of drug-likeness (QED) is 0.0196. The summed E-state index contributed by atoms with van der Waals surface area (Å²) in [7, 11) is 0. The molecule has 7 amide bonds. The molecule has 2 aromatic rings. The van der Waals surface area contributed by atoms with Crippen LogP contribution < -0.4 is 59.3 Å². The lowest BCUT2D eigenvalue weighted by atomic mass is 9.92. The maximum atomic E-state index is 14.8. The average Bonchev–Trinajstić information content (AvgIpc) is 1.95. The van der Waals surface area contributed by atoms with Crippen LogP contribution in [0.15, 0.2) is 52.1 Å². The van der Waals surface area contributed by atoms with Crippen LogP contribution in [-0.4, -0.2) is 183 Å². The molecular weight excluding hydrogens is 1170 g/mol. The van der Waals surface area contributed by atoms with E-state index < -0.39 is 131 Å². The van der Waals surface area contributed by atoms with Gasteiger partial charge < -0.3 is 79.4 Å². The number of phenols is 1. The van der Waals surface area contributed by atoms with Crippen LogP contribution >= 0.6 is 0 Å². The number of guanidine groups is 1. The smallest absolute Gasteiger partial charge is 0.326 e. The fourth-order valence-corrected chi connectivity index (χ4v) is 10.3. The Bertz CT molecular complexity index is 2660. The van der Waals surface area contributed by atoms with Gasteiger partial charge in [0.05, 0.1) is 12.9 Å². The number of hydrogen-bond acceptors (Lipinski definition) is 18. The Balaban J connectivity index is 1.87. The molecule has 0 spiro atoms. The van der Waals surface area contributed by atoms with Crippen LogP contribution in [-0.2, 0) is 51.2 Å². The van der Waals surface area contributed by atoms with Crippen molar-refractivity contribution in [3.8, 4) is 5.75 Å². The van der Waals surface area contributed by atoms with Crippen LogP contribution in [0.5, 0.6) is 5.75 Å². The highest BCUT2D eigenvalue weighted by Crippen LogP contribution is 2.23. The van der Waals surface area contributed by atoms with Crippen molar-refractivity contribution < 1.29 is 48.6 Å². The Morgan fingerprint density at radius 2 is 1.24 bits per heavy atom. The third-order valence-electron chi connectivity index (χ3n) is 17.5. The number of carbonyl (C=O) groups excluding carboxylic acids is 7. The second-order valence-electron chi connectivity index (χ2n) is 25.6. The van der Waals surface area contributed by atoms with Crippen LogP contribution in [0, 0.1) is 33.5 Å². The van der Waals surface area contributed by atoms with Crippen molar-refractivity contribution in [1.82, 2.24) is 62.7 Å². The van der Waals surface area contributed by atoms with Gasteiger partial charge >= 0.3 is 5.97 Å². The summed E-state index contributed by atoms with van der Waals surface area (Å²) in [6.07, 6.45) is 6.59. The topological polar surface area (TPSA) is 440 Å². The number of rotatable bonds is 43. The van der Waals surface area contributed by atoms with E-state index in [1.54, 1.807) is 67.5 Å². The summed E-state index contributed by atoms with van der Waals surface area (Å²) < 4.78 is 0. The highest BCUT2D eigenvalue weighted by atomic mass is 16.4. The van der Waals surface area contributed by atoms with Gasteiger partial charge in [-0.3, -0.25) is 38.6 Å². The molecule has 1 saturated heterocycles. The Kier molecular flexibility index (Phi) is 32.6. The van der Waals surface area contributed by atoms with Crippen LogP contribution in [0.25, 0.3) is 0 Å².